The van der Waals surface area contributed by atoms with E-state index in [1.165, 1.54) is 16.9 Å². The van der Waals surface area contributed by atoms with E-state index in [4.69, 9.17) is 0 Å². The van der Waals surface area contributed by atoms with Crippen LogP contribution in [0.4, 0.5) is 0 Å². The highest BCUT2D eigenvalue weighted by molar-refractivity contribution is 7.14. The summed E-state index contributed by atoms with van der Waals surface area (Å²) in [6.45, 7) is 8.61. The van der Waals surface area contributed by atoms with Crippen LogP contribution in [-0.2, 0) is 6.42 Å². The number of rotatable bonds is 2. The fraction of sp³-hybridized carbons (Fsp3) is 0.667. The van der Waals surface area contributed by atoms with Crippen molar-refractivity contribution >= 4 is 17.2 Å². The van der Waals surface area contributed by atoms with E-state index in [2.05, 4.69) is 38.7 Å². The average Bonchev–Trinajstić information content (AvgIpc) is 2.70. The lowest BCUT2D eigenvalue weighted by Crippen LogP contribution is -2.47. The van der Waals surface area contributed by atoms with Gasteiger partial charge in [0.25, 0.3) is 5.91 Å². The summed E-state index contributed by atoms with van der Waals surface area (Å²) in [5, 5.41) is 0. The summed E-state index contributed by atoms with van der Waals surface area (Å²) in [6, 6.07) is 2.84. The molecule has 1 fully saturated rings. The Morgan fingerprint density at radius 3 is 2.50 bits per heavy atom. The van der Waals surface area contributed by atoms with E-state index < -0.39 is 0 Å². The number of likely N-dealkylation sites (tertiary alicyclic amines) is 1. The third kappa shape index (κ3) is 2.46. The van der Waals surface area contributed by atoms with Gasteiger partial charge in [-0.25, -0.2) is 0 Å². The van der Waals surface area contributed by atoms with Crippen LogP contribution in [0, 0.1) is 6.92 Å². The molecule has 2 rings (SSSR count). The Morgan fingerprint density at radius 1 is 1.39 bits per heavy atom. The van der Waals surface area contributed by atoms with Crippen molar-refractivity contribution in [2.45, 2.75) is 65.5 Å². The molecule has 18 heavy (non-hydrogen) atoms. The van der Waals surface area contributed by atoms with Crippen molar-refractivity contribution in [2.75, 3.05) is 0 Å². The Bertz CT molecular complexity index is 428. The van der Waals surface area contributed by atoms with E-state index in [-0.39, 0.29) is 5.91 Å². The molecule has 0 aromatic carbocycles. The van der Waals surface area contributed by atoms with Gasteiger partial charge in [-0.2, -0.15) is 0 Å². The van der Waals surface area contributed by atoms with Crippen LogP contribution in [0.15, 0.2) is 6.07 Å². The number of amides is 1. The molecule has 1 aliphatic heterocycles. The molecule has 2 nitrogen and oxygen atoms in total. The molecule has 0 saturated carbocycles. The van der Waals surface area contributed by atoms with Crippen LogP contribution in [0.1, 0.15) is 60.1 Å². The Kier molecular flexibility index (Phi) is 4.10. The van der Waals surface area contributed by atoms with Gasteiger partial charge in [0.05, 0.1) is 4.88 Å². The van der Waals surface area contributed by atoms with Crippen LogP contribution in [-0.4, -0.2) is 22.9 Å². The molecule has 100 valence electrons. The van der Waals surface area contributed by atoms with Gasteiger partial charge in [-0.05, 0) is 58.1 Å². The van der Waals surface area contributed by atoms with Crippen LogP contribution in [0.3, 0.4) is 0 Å². The van der Waals surface area contributed by atoms with Gasteiger partial charge in [0.2, 0.25) is 0 Å². The number of carbonyl (C=O) groups excluding carboxylic acids is 1. The second-order valence-corrected chi connectivity index (χ2v) is 6.55. The molecule has 1 aromatic rings. The highest BCUT2D eigenvalue weighted by Gasteiger charge is 2.30. The van der Waals surface area contributed by atoms with Gasteiger partial charge in [-0.3, -0.25) is 4.79 Å². The van der Waals surface area contributed by atoms with Crippen molar-refractivity contribution in [3.63, 3.8) is 0 Å². The quantitative estimate of drug-likeness (QED) is 0.791. The molecule has 2 heterocycles. The Hall–Kier alpha value is -0.830. The Labute approximate surface area is 114 Å². The maximum Gasteiger partial charge on any atom is 0.264 e. The Balaban J connectivity index is 2.23. The maximum atomic E-state index is 12.6. The van der Waals surface area contributed by atoms with Gasteiger partial charge in [0.1, 0.15) is 0 Å². The standard InChI is InChI=1S/C15H23NOS/c1-5-13-10(2)9-14(18-13)15(17)16-11(3)7-6-8-12(16)4/h9,11-12H,5-8H2,1-4H3. The third-order valence-corrected chi connectivity index (χ3v) is 5.35. The number of hydrogen-bond acceptors (Lipinski definition) is 2. The monoisotopic (exact) mass is 265 g/mol. The normalized spacial score (nSPS) is 24.3. The molecule has 1 aliphatic rings. The Morgan fingerprint density at radius 2 is 2.00 bits per heavy atom. The predicted molar refractivity (Wildman–Crippen MR) is 77.4 cm³/mol. The van der Waals surface area contributed by atoms with E-state index in [0.29, 0.717) is 12.1 Å². The molecule has 1 aromatic heterocycles. The molecule has 1 saturated heterocycles. The average molecular weight is 265 g/mol. The first-order valence-electron chi connectivity index (χ1n) is 6.96. The third-order valence-electron chi connectivity index (χ3n) is 3.98. The number of aryl methyl sites for hydroxylation is 2. The van der Waals surface area contributed by atoms with Gasteiger partial charge < -0.3 is 4.90 Å². The highest BCUT2D eigenvalue weighted by Crippen LogP contribution is 2.29. The summed E-state index contributed by atoms with van der Waals surface area (Å²) in [4.78, 5) is 17.0. The molecule has 0 bridgehead atoms. The summed E-state index contributed by atoms with van der Waals surface area (Å²) in [7, 11) is 0. The predicted octanol–water partition coefficient (Wildman–Crippen LogP) is 4.02. The fourth-order valence-electron chi connectivity index (χ4n) is 2.93. The molecule has 2 atom stereocenters. The molecule has 2 unspecified atom stereocenters. The number of thiophene rings is 1. The van der Waals surface area contributed by atoms with E-state index in [0.717, 1.165) is 24.1 Å². The van der Waals surface area contributed by atoms with Crippen molar-refractivity contribution in [1.82, 2.24) is 4.90 Å². The molecule has 0 N–H and O–H groups in total. The molecular formula is C15H23NOS. The van der Waals surface area contributed by atoms with E-state index in [9.17, 15) is 4.79 Å². The molecular weight excluding hydrogens is 242 g/mol. The lowest BCUT2D eigenvalue weighted by Gasteiger charge is -2.38. The minimum absolute atomic E-state index is 0.238. The molecule has 0 aliphatic carbocycles. The van der Waals surface area contributed by atoms with E-state index >= 15 is 0 Å². The second kappa shape index (κ2) is 5.43. The van der Waals surface area contributed by atoms with Crippen molar-refractivity contribution in [2.24, 2.45) is 0 Å². The highest BCUT2D eigenvalue weighted by atomic mass is 32.1. The molecule has 1 amide bonds. The van der Waals surface area contributed by atoms with Crippen molar-refractivity contribution in [3.05, 3.63) is 21.4 Å². The smallest absolute Gasteiger partial charge is 0.264 e. The van der Waals surface area contributed by atoms with E-state index in [1.807, 2.05) is 0 Å². The first-order chi connectivity index (χ1) is 8.54. The lowest BCUT2D eigenvalue weighted by atomic mass is 9.97. The zero-order valence-electron chi connectivity index (χ0n) is 11.8. The largest absolute Gasteiger partial charge is 0.333 e. The van der Waals surface area contributed by atoms with Crippen molar-refractivity contribution in [3.8, 4) is 0 Å². The van der Waals surface area contributed by atoms with Crippen LogP contribution in [0.5, 0.6) is 0 Å². The number of piperidine rings is 1. The SMILES string of the molecule is CCc1sc(C(=O)N2C(C)CCCC2C)cc1C. The maximum absolute atomic E-state index is 12.6. The second-order valence-electron chi connectivity index (χ2n) is 5.41. The van der Waals surface area contributed by atoms with Crippen LogP contribution < -0.4 is 0 Å². The minimum atomic E-state index is 0.238. The summed E-state index contributed by atoms with van der Waals surface area (Å²) in [6.07, 6.45) is 4.55. The summed E-state index contributed by atoms with van der Waals surface area (Å²) >= 11 is 1.67. The lowest BCUT2D eigenvalue weighted by molar-refractivity contribution is 0.0516. The first-order valence-corrected chi connectivity index (χ1v) is 7.78. The zero-order valence-corrected chi connectivity index (χ0v) is 12.6. The fourth-order valence-corrected chi connectivity index (χ4v) is 3.98. The molecule has 3 heteroatoms. The minimum Gasteiger partial charge on any atom is -0.333 e. The van der Waals surface area contributed by atoms with Crippen molar-refractivity contribution in [1.29, 1.82) is 0 Å². The number of carbonyl (C=O) groups is 1. The summed E-state index contributed by atoms with van der Waals surface area (Å²) in [5.74, 6) is 0.238. The van der Waals surface area contributed by atoms with Crippen LogP contribution in [0.25, 0.3) is 0 Å². The van der Waals surface area contributed by atoms with Crippen LogP contribution in [0.2, 0.25) is 0 Å². The molecule has 0 radical (unpaired) electrons. The first kappa shape index (κ1) is 13.6. The summed E-state index contributed by atoms with van der Waals surface area (Å²) < 4.78 is 0. The zero-order chi connectivity index (χ0) is 13.3. The van der Waals surface area contributed by atoms with E-state index in [1.54, 1.807) is 11.3 Å². The topological polar surface area (TPSA) is 20.3 Å². The number of nitrogens with zero attached hydrogens (tertiary/aromatic N) is 1. The molecule has 0 spiro atoms. The van der Waals surface area contributed by atoms with Crippen molar-refractivity contribution < 1.29 is 4.79 Å². The van der Waals surface area contributed by atoms with Gasteiger partial charge in [-0.15, -0.1) is 11.3 Å². The van der Waals surface area contributed by atoms with Gasteiger partial charge in [0.15, 0.2) is 0 Å². The van der Waals surface area contributed by atoms with Gasteiger partial charge in [0, 0.05) is 17.0 Å². The van der Waals surface area contributed by atoms with Crippen LogP contribution >= 0.6 is 11.3 Å². The number of hydrogen-bond donors (Lipinski definition) is 0. The van der Waals surface area contributed by atoms with Gasteiger partial charge in [-0.1, -0.05) is 6.92 Å². The summed E-state index contributed by atoms with van der Waals surface area (Å²) in [5.41, 5.74) is 1.27. The van der Waals surface area contributed by atoms with Gasteiger partial charge >= 0.3 is 0 Å².